The second-order valence-electron chi connectivity index (χ2n) is 11.2. The van der Waals surface area contributed by atoms with Crippen LogP contribution in [0, 0.1) is 28.1 Å². The van der Waals surface area contributed by atoms with Crippen molar-refractivity contribution in [2.45, 2.75) is 64.8 Å². The molecule has 1 saturated carbocycles. The molecule has 2 aliphatic heterocycles. The fraction of sp³-hybridized carbons (Fsp3) is 0.593. The zero-order valence-electron chi connectivity index (χ0n) is 20.1. The summed E-state index contributed by atoms with van der Waals surface area (Å²) in [5.74, 6) is -1.46. The van der Waals surface area contributed by atoms with Crippen LogP contribution in [0.15, 0.2) is 46.3 Å². The van der Waals surface area contributed by atoms with Crippen LogP contribution in [0.3, 0.4) is 0 Å². The van der Waals surface area contributed by atoms with E-state index in [0.717, 1.165) is 17.6 Å². The molecule has 34 heavy (non-hydrogen) atoms. The number of furan rings is 1. The van der Waals surface area contributed by atoms with E-state index in [1.165, 1.54) is 18.8 Å². The summed E-state index contributed by atoms with van der Waals surface area (Å²) in [4.78, 5) is 39.6. The first-order valence-corrected chi connectivity index (χ1v) is 12.0. The molecule has 0 unspecified atom stereocenters. The van der Waals surface area contributed by atoms with Crippen LogP contribution in [0.4, 0.5) is 0 Å². The Balaban J connectivity index is 1.58. The van der Waals surface area contributed by atoms with E-state index in [1.807, 2.05) is 19.9 Å². The second-order valence-corrected chi connectivity index (χ2v) is 11.2. The van der Waals surface area contributed by atoms with E-state index in [2.05, 4.69) is 13.8 Å². The summed E-state index contributed by atoms with van der Waals surface area (Å²) >= 11 is 0. The molecule has 0 amide bonds. The Morgan fingerprint density at radius 1 is 1.21 bits per heavy atom. The molecule has 2 saturated heterocycles. The van der Waals surface area contributed by atoms with Gasteiger partial charge in [-0.25, -0.2) is 0 Å². The maximum absolute atomic E-state index is 13.7. The molecule has 0 N–H and O–H groups in total. The molecule has 3 aliphatic carbocycles. The largest absolute Gasteiger partial charge is 0.472 e. The lowest BCUT2D eigenvalue weighted by atomic mass is 9.42. The highest BCUT2D eigenvalue weighted by atomic mass is 16.6. The van der Waals surface area contributed by atoms with E-state index in [0.29, 0.717) is 0 Å². The summed E-state index contributed by atoms with van der Waals surface area (Å²) in [5.41, 5.74) is 0.794. The standard InChI is InChI=1S/C27H30O7/c1-13-15(14-7-9-32-12-14)10-16-20(13)27(4)17(11-19(29)31-5)26(3)18(28)6-8-25(2)22(26)21(23(27)33-16)34-24(25)30/h6-9,12,15-17,21-23H,10-11H2,1-5H3/t15-,16-,17-,21-,22-,23+,25-,26-,27+/m0/s1. The van der Waals surface area contributed by atoms with Crippen LogP contribution < -0.4 is 0 Å². The number of carbonyl (C=O) groups excluding carboxylic acids is 3. The SMILES string of the molecule is COC(=O)C[C@@H]1[C@]2(C)C3=C(C)[C@@H](c4ccoc4)C[C@@H]3O[C@@H]2[C@H]2OC(=O)[C@@]3(C)C=CC(=O)[C@@]1(C)[C@@H]23. The van der Waals surface area contributed by atoms with Gasteiger partial charge in [-0.05, 0) is 49.5 Å². The summed E-state index contributed by atoms with van der Waals surface area (Å²) in [6, 6.07) is 1.97. The zero-order valence-corrected chi connectivity index (χ0v) is 20.1. The van der Waals surface area contributed by atoms with Gasteiger partial charge in [0.2, 0.25) is 0 Å². The molecule has 0 radical (unpaired) electrons. The number of carbonyl (C=O) groups is 3. The van der Waals surface area contributed by atoms with Gasteiger partial charge < -0.3 is 18.6 Å². The van der Waals surface area contributed by atoms with Gasteiger partial charge in [0, 0.05) is 22.7 Å². The van der Waals surface area contributed by atoms with Crippen molar-refractivity contribution < 1.29 is 33.0 Å². The average Bonchev–Trinajstić information content (AvgIpc) is 3.54. The van der Waals surface area contributed by atoms with Crippen molar-refractivity contribution in [2.75, 3.05) is 7.11 Å². The Bertz CT molecular complexity index is 1160. The number of hydrogen-bond donors (Lipinski definition) is 0. The molecule has 0 spiro atoms. The van der Waals surface area contributed by atoms with Crippen LogP contribution in [0.1, 0.15) is 52.0 Å². The van der Waals surface area contributed by atoms with Gasteiger partial charge in [-0.3, -0.25) is 14.4 Å². The third kappa shape index (κ3) is 2.34. The lowest BCUT2D eigenvalue weighted by Gasteiger charge is -2.59. The molecule has 5 aliphatic rings. The molecule has 180 valence electrons. The van der Waals surface area contributed by atoms with Gasteiger partial charge in [0.1, 0.15) is 12.2 Å². The average molecular weight is 467 g/mol. The highest BCUT2D eigenvalue weighted by molar-refractivity contribution is 6.00. The number of allylic oxidation sites excluding steroid dienone is 2. The van der Waals surface area contributed by atoms with Gasteiger partial charge in [-0.2, -0.15) is 0 Å². The predicted molar refractivity (Wildman–Crippen MR) is 119 cm³/mol. The quantitative estimate of drug-likeness (QED) is 0.495. The summed E-state index contributed by atoms with van der Waals surface area (Å²) in [7, 11) is 1.37. The molecule has 3 heterocycles. The molecule has 6 rings (SSSR count). The fourth-order valence-electron chi connectivity index (χ4n) is 8.41. The smallest absolute Gasteiger partial charge is 0.316 e. The van der Waals surface area contributed by atoms with Crippen LogP contribution in [0.2, 0.25) is 0 Å². The number of ketones is 1. The topological polar surface area (TPSA) is 92.0 Å². The first-order chi connectivity index (χ1) is 16.1. The summed E-state index contributed by atoms with van der Waals surface area (Å²) in [6.45, 7) is 7.96. The van der Waals surface area contributed by atoms with Gasteiger partial charge in [0.15, 0.2) is 5.78 Å². The van der Waals surface area contributed by atoms with Crippen molar-refractivity contribution in [3.63, 3.8) is 0 Å². The van der Waals surface area contributed by atoms with E-state index < -0.39 is 40.3 Å². The number of rotatable bonds is 3. The molecule has 0 aromatic carbocycles. The van der Waals surface area contributed by atoms with Crippen molar-refractivity contribution in [1.29, 1.82) is 0 Å². The minimum Gasteiger partial charge on any atom is -0.472 e. The minimum absolute atomic E-state index is 0.0658. The van der Waals surface area contributed by atoms with Crippen LogP contribution in [0.5, 0.6) is 0 Å². The van der Waals surface area contributed by atoms with Crippen LogP contribution >= 0.6 is 0 Å². The Kier molecular flexibility index (Phi) is 4.31. The normalized spacial score (nSPS) is 46.3. The van der Waals surface area contributed by atoms with Gasteiger partial charge in [0.25, 0.3) is 0 Å². The number of methoxy groups -OCH3 is 1. The minimum atomic E-state index is -0.987. The Morgan fingerprint density at radius 3 is 2.65 bits per heavy atom. The lowest BCUT2D eigenvalue weighted by Crippen LogP contribution is -2.66. The van der Waals surface area contributed by atoms with Crippen molar-refractivity contribution in [1.82, 2.24) is 0 Å². The third-order valence-corrected chi connectivity index (χ3v) is 9.91. The van der Waals surface area contributed by atoms with Crippen molar-refractivity contribution in [3.05, 3.63) is 47.5 Å². The number of hydrogen-bond acceptors (Lipinski definition) is 7. The molecule has 3 fully saturated rings. The van der Waals surface area contributed by atoms with Crippen LogP contribution in [-0.2, 0) is 28.6 Å². The predicted octanol–water partition coefficient (Wildman–Crippen LogP) is 3.74. The van der Waals surface area contributed by atoms with E-state index in [-0.39, 0.29) is 36.2 Å². The first-order valence-electron chi connectivity index (χ1n) is 12.0. The summed E-state index contributed by atoms with van der Waals surface area (Å²) in [5, 5.41) is 0. The van der Waals surface area contributed by atoms with Crippen LogP contribution in [0.25, 0.3) is 0 Å². The first kappa shape index (κ1) is 21.8. The van der Waals surface area contributed by atoms with Crippen LogP contribution in [-0.4, -0.2) is 43.1 Å². The summed E-state index contributed by atoms with van der Waals surface area (Å²) in [6.07, 6.45) is 6.29. The number of ether oxygens (including phenoxy) is 3. The van der Waals surface area contributed by atoms with Crippen molar-refractivity contribution in [2.24, 2.45) is 28.1 Å². The highest BCUT2D eigenvalue weighted by Gasteiger charge is 2.77. The van der Waals surface area contributed by atoms with E-state index >= 15 is 0 Å². The van der Waals surface area contributed by atoms with Gasteiger partial charge in [-0.1, -0.05) is 25.5 Å². The van der Waals surface area contributed by atoms with E-state index in [9.17, 15) is 14.4 Å². The molecule has 7 nitrogen and oxygen atoms in total. The maximum atomic E-state index is 13.7. The zero-order chi connectivity index (χ0) is 24.2. The van der Waals surface area contributed by atoms with Gasteiger partial charge in [-0.15, -0.1) is 0 Å². The second kappa shape index (κ2) is 6.72. The number of esters is 2. The fourth-order valence-corrected chi connectivity index (χ4v) is 8.41. The Hall–Kier alpha value is -2.67. The van der Waals surface area contributed by atoms with Gasteiger partial charge >= 0.3 is 11.9 Å². The Labute approximate surface area is 198 Å². The van der Waals surface area contributed by atoms with Gasteiger partial charge in [0.05, 0.1) is 37.6 Å². The molecule has 9 atom stereocenters. The molecule has 7 heteroatoms. The van der Waals surface area contributed by atoms with E-state index in [4.69, 9.17) is 18.6 Å². The molecule has 0 bridgehead atoms. The molecular weight excluding hydrogens is 436 g/mol. The Morgan fingerprint density at radius 2 is 1.97 bits per heavy atom. The van der Waals surface area contributed by atoms with Crippen molar-refractivity contribution >= 4 is 17.7 Å². The van der Waals surface area contributed by atoms with E-state index in [1.54, 1.807) is 18.6 Å². The third-order valence-electron chi connectivity index (χ3n) is 9.91. The van der Waals surface area contributed by atoms with Crippen molar-refractivity contribution in [3.8, 4) is 0 Å². The molecular formula is C27H30O7. The molecule has 1 aromatic heterocycles. The maximum Gasteiger partial charge on any atom is 0.316 e. The monoisotopic (exact) mass is 466 g/mol. The highest BCUT2D eigenvalue weighted by Crippen LogP contribution is 2.72. The summed E-state index contributed by atoms with van der Waals surface area (Å²) < 4.78 is 23.2. The molecule has 1 aromatic rings. The number of fused-ring (bicyclic) bond motifs is 4. The lowest BCUT2D eigenvalue weighted by molar-refractivity contribution is -0.190.